The zero-order valence-electron chi connectivity index (χ0n) is 8.55. The number of amides is 1. The third-order valence-corrected chi connectivity index (χ3v) is 3.31. The van der Waals surface area contributed by atoms with Crippen LogP contribution in [0.15, 0.2) is 0 Å². The van der Waals surface area contributed by atoms with E-state index in [2.05, 4.69) is 13.8 Å². The van der Waals surface area contributed by atoms with Crippen molar-refractivity contribution in [2.24, 2.45) is 23.3 Å². The van der Waals surface area contributed by atoms with Gasteiger partial charge in [0.2, 0.25) is 5.91 Å². The number of primary amides is 1. The lowest BCUT2D eigenvalue weighted by atomic mass is 9.68. The molecule has 0 saturated heterocycles. The topological polar surface area (TPSA) is 69.1 Å². The van der Waals surface area contributed by atoms with E-state index in [-0.39, 0.29) is 11.4 Å². The Morgan fingerprint density at radius 3 is 2.62 bits per heavy atom. The summed E-state index contributed by atoms with van der Waals surface area (Å²) in [7, 11) is 0. The quantitative estimate of drug-likeness (QED) is 0.672. The van der Waals surface area contributed by atoms with Gasteiger partial charge in [-0.25, -0.2) is 0 Å². The third-order valence-electron chi connectivity index (χ3n) is 3.31. The molecule has 3 atom stereocenters. The number of carbonyl (C=O) groups is 1. The van der Waals surface area contributed by atoms with Crippen molar-refractivity contribution in [2.75, 3.05) is 0 Å². The highest BCUT2D eigenvalue weighted by molar-refractivity contribution is 5.75. The van der Waals surface area contributed by atoms with E-state index in [9.17, 15) is 4.79 Å². The van der Waals surface area contributed by atoms with Crippen LogP contribution in [0, 0.1) is 11.8 Å². The standard InChI is InChI=1S/C10H20N2O/c1-7-3-4-8(2)10(12,5-7)6-9(11)13/h7-8H,3-6,12H2,1-2H3,(H2,11,13). The van der Waals surface area contributed by atoms with E-state index >= 15 is 0 Å². The van der Waals surface area contributed by atoms with Crippen LogP contribution >= 0.6 is 0 Å². The van der Waals surface area contributed by atoms with Gasteiger partial charge in [-0.3, -0.25) is 4.79 Å². The number of hydrogen-bond donors (Lipinski definition) is 2. The average Bonchev–Trinajstić information content (AvgIpc) is 1.95. The Hall–Kier alpha value is -0.570. The molecule has 0 aromatic carbocycles. The molecule has 1 fully saturated rings. The third kappa shape index (κ3) is 2.44. The van der Waals surface area contributed by atoms with Gasteiger partial charge in [-0.2, -0.15) is 0 Å². The van der Waals surface area contributed by atoms with E-state index in [1.165, 1.54) is 6.42 Å². The fraction of sp³-hybridized carbons (Fsp3) is 0.900. The summed E-state index contributed by atoms with van der Waals surface area (Å²) in [6, 6.07) is 0. The molecule has 0 aromatic rings. The maximum absolute atomic E-state index is 10.9. The van der Waals surface area contributed by atoms with Gasteiger partial charge in [0.25, 0.3) is 0 Å². The lowest BCUT2D eigenvalue weighted by Crippen LogP contribution is -2.52. The van der Waals surface area contributed by atoms with Crippen molar-refractivity contribution >= 4 is 5.91 Å². The molecule has 3 nitrogen and oxygen atoms in total. The van der Waals surface area contributed by atoms with Crippen LogP contribution in [-0.4, -0.2) is 11.4 Å². The molecular weight excluding hydrogens is 164 g/mol. The normalized spacial score (nSPS) is 40.2. The van der Waals surface area contributed by atoms with Crippen LogP contribution in [0.1, 0.15) is 39.5 Å². The molecule has 1 aliphatic carbocycles. The van der Waals surface area contributed by atoms with Crippen molar-refractivity contribution in [2.45, 2.75) is 45.1 Å². The van der Waals surface area contributed by atoms with Crippen LogP contribution in [0.5, 0.6) is 0 Å². The van der Waals surface area contributed by atoms with Crippen LogP contribution in [-0.2, 0) is 4.79 Å². The Bertz CT molecular complexity index is 205. The highest BCUT2D eigenvalue weighted by Gasteiger charge is 2.38. The molecule has 1 aliphatic rings. The van der Waals surface area contributed by atoms with Gasteiger partial charge in [0, 0.05) is 12.0 Å². The summed E-state index contributed by atoms with van der Waals surface area (Å²) in [4.78, 5) is 10.9. The van der Waals surface area contributed by atoms with Crippen LogP contribution < -0.4 is 11.5 Å². The molecule has 0 heterocycles. The Morgan fingerprint density at radius 1 is 1.46 bits per heavy atom. The van der Waals surface area contributed by atoms with Crippen molar-refractivity contribution in [3.63, 3.8) is 0 Å². The van der Waals surface area contributed by atoms with Gasteiger partial charge in [0.1, 0.15) is 0 Å². The van der Waals surface area contributed by atoms with Gasteiger partial charge in [-0.05, 0) is 24.7 Å². The molecule has 1 amide bonds. The number of hydrogen-bond acceptors (Lipinski definition) is 2. The molecule has 0 aromatic heterocycles. The molecule has 3 unspecified atom stereocenters. The molecule has 13 heavy (non-hydrogen) atoms. The summed E-state index contributed by atoms with van der Waals surface area (Å²) in [5, 5.41) is 0. The van der Waals surface area contributed by atoms with Crippen LogP contribution in [0.3, 0.4) is 0 Å². The smallest absolute Gasteiger partial charge is 0.219 e. The zero-order valence-corrected chi connectivity index (χ0v) is 8.55. The van der Waals surface area contributed by atoms with Gasteiger partial charge in [-0.15, -0.1) is 0 Å². The molecule has 1 rings (SSSR count). The van der Waals surface area contributed by atoms with Crippen molar-refractivity contribution < 1.29 is 4.79 Å². The van der Waals surface area contributed by atoms with E-state index in [0.717, 1.165) is 12.8 Å². The van der Waals surface area contributed by atoms with E-state index in [1.807, 2.05) is 0 Å². The molecule has 3 heteroatoms. The number of rotatable bonds is 2. The first-order valence-electron chi connectivity index (χ1n) is 5.01. The minimum absolute atomic E-state index is 0.275. The summed E-state index contributed by atoms with van der Waals surface area (Å²) in [5.74, 6) is 0.764. The van der Waals surface area contributed by atoms with Gasteiger partial charge in [0.15, 0.2) is 0 Å². The second-order valence-corrected chi connectivity index (χ2v) is 4.66. The summed E-state index contributed by atoms with van der Waals surface area (Å²) in [6.07, 6.45) is 3.60. The predicted molar refractivity (Wildman–Crippen MR) is 52.9 cm³/mol. The van der Waals surface area contributed by atoms with Gasteiger partial charge in [-0.1, -0.05) is 20.3 Å². The van der Waals surface area contributed by atoms with Crippen molar-refractivity contribution in [1.29, 1.82) is 0 Å². The van der Waals surface area contributed by atoms with Gasteiger partial charge in [0.05, 0.1) is 0 Å². The first-order chi connectivity index (χ1) is 5.94. The molecule has 4 N–H and O–H groups in total. The molecule has 0 spiro atoms. The van der Waals surface area contributed by atoms with E-state index in [0.29, 0.717) is 18.3 Å². The zero-order chi connectivity index (χ0) is 10.1. The van der Waals surface area contributed by atoms with E-state index < -0.39 is 0 Å². The maximum atomic E-state index is 10.9. The van der Waals surface area contributed by atoms with E-state index in [1.54, 1.807) is 0 Å². The van der Waals surface area contributed by atoms with E-state index in [4.69, 9.17) is 11.5 Å². The highest BCUT2D eigenvalue weighted by Crippen LogP contribution is 2.36. The molecule has 0 bridgehead atoms. The fourth-order valence-corrected chi connectivity index (χ4v) is 2.34. The summed E-state index contributed by atoms with van der Waals surface area (Å²) < 4.78 is 0. The summed E-state index contributed by atoms with van der Waals surface area (Å²) >= 11 is 0. The first kappa shape index (κ1) is 10.5. The molecule has 1 saturated carbocycles. The molecular formula is C10H20N2O. The van der Waals surface area contributed by atoms with Gasteiger partial charge < -0.3 is 11.5 Å². The number of nitrogens with two attached hydrogens (primary N) is 2. The Morgan fingerprint density at radius 2 is 2.08 bits per heavy atom. The van der Waals surface area contributed by atoms with Crippen LogP contribution in [0.25, 0.3) is 0 Å². The summed E-state index contributed by atoms with van der Waals surface area (Å²) in [5.41, 5.74) is 11.0. The van der Waals surface area contributed by atoms with Crippen molar-refractivity contribution in [3.05, 3.63) is 0 Å². The van der Waals surface area contributed by atoms with Gasteiger partial charge >= 0.3 is 0 Å². The largest absolute Gasteiger partial charge is 0.370 e. The molecule has 76 valence electrons. The Labute approximate surface area is 79.9 Å². The minimum Gasteiger partial charge on any atom is -0.370 e. The first-order valence-corrected chi connectivity index (χ1v) is 5.01. The lowest BCUT2D eigenvalue weighted by molar-refractivity contribution is -0.120. The van der Waals surface area contributed by atoms with Crippen LogP contribution in [0.2, 0.25) is 0 Å². The van der Waals surface area contributed by atoms with Crippen molar-refractivity contribution in [3.8, 4) is 0 Å². The number of carbonyl (C=O) groups excluding carboxylic acids is 1. The maximum Gasteiger partial charge on any atom is 0.219 e. The van der Waals surface area contributed by atoms with Crippen molar-refractivity contribution in [1.82, 2.24) is 0 Å². The second kappa shape index (κ2) is 3.66. The lowest BCUT2D eigenvalue weighted by Gasteiger charge is -2.41. The highest BCUT2D eigenvalue weighted by atomic mass is 16.1. The minimum atomic E-state index is -0.344. The molecule has 0 radical (unpaired) electrons. The average molecular weight is 184 g/mol. The molecule has 0 aliphatic heterocycles. The second-order valence-electron chi connectivity index (χ2n) is 4.66. The Kier molecular flexibility index (Phi) is 2.96. The van der Waals surface area contributed by atoms with Crippen LogP contribution in [0.4, 0.5) is 0 Å². The monoisotopic (exact) mass is 184 g/mol. The SMILES string of the molecule is CC1CCC(C)C(N)(CC(N)=O)C1. The summed E-state index contributed by atoms with van der Waals surface area (Å²) in [6.45, 7) is 4.31. The fourth-order valence-electron chi connectivity index (χ4n) is 2.34. The predicted octanol–water partition coefficient (Wildman–Crippen LogP) is 1.02. The Balaban J connectivity index is 2.66.